The first-order chi connectivity index (χ1) is 6.11. The van der Waals surface area contributed by atoms with E-state index in [1.54, 1.807) is 29.3 Å². The Kier molecular flexibility index (Phi) is 1.52. The highest BCUT2D eigenvalue weighted by molar-refractivity contribution is 5.75. The van der Waals surface area contributed by atoms with Gasteiger partial charge in [-0.1, -0.05) is 0 Å². The lowest BCUT2D eigenvalue weighted by molar-refractivity contribution is 0.628. The summed E-state index contributed by atoms with van der Waals surface area (Å²) < 4.78 is 16.2. The molecule has 0 saturated carbocycles. The Morgan fingerprint density at radius 3 is 2.46 bits per heavy atom. The number of hydrogen-bond donors (Lipinski definition) is 1. The molecule has 13 heavy (non-hydrogen) atoms. The van der Waals surface area contributed by atoms with Gasteiger partial charge in [0.15, 0.2) is 0 Å². The van der Waals surface area contributed by atoms with E-state index in [9.17, 15) is 4.39 Å². The van der Waals surface area contributed by atoms with E-state index in [2.05, 4.69) is 0 Å². The molecule has 0 fully saturated rings. The Balaban J connectivity index is 3.04. The van der Waals surface area contributed by atoms with Crippen molar-refractivity contribution in [1.29, 1.82) is 5.41 Å². The van der Waals surface area contributed by atoms with Crippen LogP contribution in [0.3, 0.4) is 0 Å². The van der Waals surface area contributed by atoms with Crippen molar-refractivity contribution < 1.29 is 4.39 Å². The standard InChI is InChI=1S/C9H10FN3/c1-12-7-4-3-6(10)5-8(7)13(2)9(12)11/h3-5,11H,1-2H3. The molecule has 0 amide bonds. The van der Waals surface area contributed by atoms with Gasteiger partial charge in [0.2, 0.25) is 5.62 Å². The molecule has 68 valence electrons. The highest BCUT2D eigenvalue weighted by Crippen LogP contribution is 2.12. The molecule has 3 nitrogen and oxygen atoms in total. The molecule has 4 heteroatoms. The van der Waals surface area contributed by atoms with Crippen LogP contribution in [0.25, 0.3) is 11.0 Å². The van der Waals surface area contributed by atoms with Crippen molar-refractivity contribution in [3.63, 3.8) is 0 Å². The maximum atomic E-state index is 12.9. The highest BCUT2D eigenvalue weighted by Gasteiger charge is 2.05. The smallest absolute Gasteiger partial charge is 0.202 e. The number of fused-ring (bicyclic) bond motifs is 1. The van der Waals surface area contributed by atoms with Crippen LogP contribution in [-0.4, -0.2) is 9.13 Å². The maximum Gasteiger partial charge on any atom is 0.202 e. The lowest BCUT2D eigenvalue weighted by atomic mass is 10.3. The summed E-state index contributed by atoms with van der Waals surface area (Å²) in [6.07, 6.45) is 0. The van der Waals surface area contributed by atoms with E-state index in [4.69, 9.17) is 5.41 Å². The maximum absolute atomic E-state index is 12.9. The van der Waals surface area contributed by atoms with Crippen LogP contribution < -0.4 is 5.62 Å². The Hall–Kier alpha value is -1.58. The number of imidazole rings is 1. The Bertz CT molecular complexity index is 521. The number of aromatic nitrogens is 2. The molecule has 1 N–H and O–H groups in total. The zero-order chi connectivity index (χ0) is 9.59. The minimum Gasteiger partial charge on any atom is -0.313 e. The quantitative estimate of drug-likeness (QED) is 0.629. The van der Waals surface area contributed by atoms with Gasteiger partial charge in [0.05, 0.1) is 11.0 Å². The van der Waals surface area contributed by atoms with Gasteiger partial charge in [0.1, 0.15) is 5.82 Å². The van der Waals surface area contributed by atoms with Gasteiger partial charge >= 0.3 is 0 Å². The first-order valence-corrected chi connectivity index (χ1v) is 3.97. The number of rotatable bonds is 0. The van der Waals surface area contributed by atoms with Gasteiger partial charge in [0.25, 0.3) is 0 Å². The Morgan fingerprint density at radius 2 is 1.77 bits per heavy atom. The summed E-state index contributed by atoms with van der Waals surface area (Å²) in [4.78, 5) is 0. The highest BCUT2D eigenvalue weighted by atomic mass is 19.1. The monoisotopic (exact) mass is 179 g/mol. The van der Waals surface area contributed by atoms with E-state index in [-0.39, 0.29) is 5.82 Å². The number of aryl methyl sites for hydroxylation is 2. The molecule has 0 unspecified atom stereocenters. The van der Waals surface area contributed by atoms with E-state index in [1.807, 2.05) is 0 Å². The van der Waals surface area contributed by atoms with E-state index in [0.717, 1.165) is 11.0 Å². The van der Waals surface area contributed by atoms with Crippen LogP contribution in [0.5, 0.6) is 0 Å². The molecule has 0 spiro atoms. The van der Waals surface area contributed by atoms with Crippen LogP contribution in [0.2, 0.25) is 0 Å². The molecular weight excluding hydrogens is 169 g/mol. The Morgan fingerprint density at radius 1 is 1.15 bits per heavy atom. The van der Waals surface area contributed by atoms with Crippen LogP contribution in [0, 0.1) is 11.2 Å². The van der Waals surface area contributed by atoms with Crippen molar-refractivity contribution in [2.24, 2.45) is 14.1 Å². The van der Waals surface area contributed by atoms with Crippen molar-refractivity contribution in [3.05, 3.63) is 29.6 Å². The third kappa shape index (κ3) is 0.983. The SMILES string of the molecule is Cn1c(=N)n(C)c2cc(F)ccc21. The lowest BCUT2D eigenvalue weighted by Gasteiger charge is -1.93. The van der Waals surface area contributed by atoms with Crippen LogP contribution in [0.1, 0.15) is 0 Å². The van der Waals surface area contributed by atoms with Gasteiger partial charge in [0, 0.05) is 14.1 Å². The van der Waals surface area contributed by atoms with Gasteiger partial charge in [-0.3, -0.25) is 5.41 Å². The second-order valence-electron chi connectivity index (χ2n) is 3.07. The average molecular weight is 179 g/mol. The molecule has 1 aromatic carbocycles. The third-order valence-corrected chi connectivity index (χ3v) is 2.30. The molecule has 1 aromatic heterocycles. The second-order valence-corrected chi connectivity index (χ2v) is 3.07. The summed E-state index contributed by atoms with van der Waals surface area (Å²) in [6.45, 7) is 0. The van der Waals surface area contributed by atoms with Crippen molar-refractivity contribution in [3.8, 4) is 0 Å². The number of nitrogens with one attached hydrogen (secondary N) is 1. The normalized spacial score (nSPS) is 11.0. The van der Waals surface area contributed by atoms with Crippen molar-refractivity contribution in [1.82, 2.24) is 9.13 Å². The van der Waals surface area contributed by atoms with Crippen molar-refractivity contribution in [2.75, 3.05) is 0 Å². The summed E-state index contributed by atoms with van der Waals surface area (Å²) in [5, 5.41) is 7.65. The molecule has 0 atom stereocenters. The molecule has 0 bridgehead atoms. The number of halogens is 1. The molecule has 1 heterocycles. The van der Waals surface area contributed by atoms with Crippen LogP contribution in [-0.2, 0) is 14.1 Å². The van der Waals surface area contributed by atoms with Gasteiger partial charge in [-0.2, -0.15) is 0 Å². The predicted octanol–water partition coefficient (Wildman–Crippen LogP) is 1.14. The summed E-state index contributed by atoms with van der Waals surface area (Å²) in [6, 6.07) is 4.53. The minimum atomic E-state index is -0.270. The average Bonchev–Trinajstić information content (AvgIpc) is 2.32. The number of hydrogen-bond acceptors (Lipinski definition) is 1. The summed E-state index contributed by atoms with van der Waals surface area (Å²) >= 11 is 0. The predicted molar refractivity (Wildman–Crippen MR) is 47.7 cm³/mol. The first kappa shape index (κ1) is 8.04. The molecule has 0 aliphatic heterocycles. The topological polar surface area (TPSA) is 33.7 Å². The fraction of sp³-hybridized carbons (Fsp3) is 0.222. The minimum absolute atomic E-state index is 0.270. The molecule has 0 saturated heterocycles. The van der Waals surface area contributed by atoms with Crippen molar-refractivity contribution >= 4 is 11.0 Å². The number of benzene rings is 1. The lowest BCUT2D eigenvalue weighted by Crippen LogP contribution is -2.19. The molecular formula is C9H10FN3. The summed E-state index contributed by atoms with van der Waals surface area (Å²) in [7, 11) is 3.55. The van der Waals surface area contributed by atoms with Gasteiger partial charge in [-0.15, -0.1) is 0 Å². The van der Waals surface area contributed by atoms with Crippen LogP contribution in [0.15, 0.2) is 18.2 Å². The Labute approximate surface area is 74.5 Å². The van der Waals surface area contributed by atoms with Gasteiger partial charge in [-0.05, 0) is 18.2 Å². The van der Waals surface area contributed by atoms with E-state index in [0.29, 0.717) is 5.62 Å². The largest absolute Gasteiger partial charge is 0.313 e. The summed E-state index contributed by atoms with van der Waals surface area (Å²) in [5.41, 5.74) is 1.97. The molecule has 0 aliphatic rings. The van der Waals surface area contributed by atoms with E-state index < -0.39 is 0 Å². The summed E-state index contributed by atoms with van der Waals surface area (Å²) in [5.74, 6) is -0.270. The first-order valence-electron chi connectivity index (χ1n) is 3.97. The van der Waals surface area contributed by atoms with E-state index in [1.165, 1.54) is 12.1 Å². The van der Waals surface area contributed by atoms with Gasteiger partial charge < -0.3 is 9.13 Å². The molecule has 0 radical (unpaired) electrons. The zero-order valence-electron chi connectivity index (χ0n) is 7.50. The third-order valence-electron chi connectivity index (χ3n) is 2.30. The fourth-order valence-electron chi connectivity index (χ4n) is 1.50. The van der Waals surface area contributed by atoms with Crippen molar-refractivity contribution in [2.45, 2.75) is 0 Å². The number of nitrogens with zero attached hydrogens (tertiary/aromatic N) is 2. The van der Waals surface area contributed by atoms with E-state index >= 15 is 0 Å². The second kappa shape index (κ2) is 2.45. The molecule has 2 rings (SSSR count). The van der Waals surface area contributed by atoms with Gasteiger partial charge in [-0.25, -0.2) is 4.39 Å². The van der Waals surface area contributed by atoms with Crippen LogP contribution >= 0.6 is 0 Å². The van der Waals surface area contributed by atoms with Crippen LogP contribution in [0.4, 0.5) is 4.39 Å². The molecule has 2 aromatic rings. The zero-order valence-corrected chi connectivity index (χ0v) is 7.50. The fourth-order valence-corrected chi connectivity index (χ4v) is 1.50. The molecule has 0 aliphatic carbocycles.